The van der Waals surface area contributed by atoms with E-state index in [4.69, 9.17) is 10.5 Å². The van der Waals surface area contributed by atoms with E-state index in [1.165, 1.54) is 30.6 Å². The molecule has 1 saturated heterocycles. The molecule has 1 aromatic heterocycles. The van der Waals surface area contributed by atoms with Gasteiger partial charge in [-0.3, -0.25) is 0 Å². The maximum absolute atomic E-state index is 11.8. The van der Waals surface area contributed by atoms with Crippen LogP contribution in [0.5, 0.6) is 0 Å². The predicted molar refractivity (Wildman–Crippen MR) is 79.9 cm³/mol. The van der Waals surface area contributed by atoms with Gasteiger partial charge in [-0.2, -0.15) is 0 Å². The topological polar surface area (TPSA) is 55.6 Å². The van der Waals surface area contributed by atoms with Gasteiger partial charge in [-0.05, 0) is 31.7 Å². The molecule has 0 bridgehead atoms. The lowest BCUT2D eigenvalue weighted by Gasteiger charge is -2.32. The van der Waals surface area contributed by atoms with Crippen molar-refractivity contribution >= 4 is 28.0 Å². The largest absolute Gasteiger partial charge is 0.462 e. The van der Waals surface area contributed by atoms with E-state index in [-0.39, 0.29) is 5.97 Å². The third-order valence-electron chi connectivity index (χ3n) is 3.62. The van der Waals surface area contributed by atoms with Crippen LogP contribution in [0.3, 0.4) is 0 Å². The lowest BCUT2D eigenvalue weighted by atomic mass is 9.96. The van der Waals surface area contributed by atoms with Crippen molar-refractivity contribution in [2.24, 2.45) is 5.92 Å². The third-order valence-corrected chi connectivity index (χ3v) is 4.81. The Morgan fingerprint density at radius 1 is 1.58 bits per heavy atom. The fraction of sp³-hybridized carbons (Fsp3) is 0.643. The van der Waals surface area contributed by atoms with Crippen LogP contribution in [0.4, 0.5) is 10.7 Å². The fourth-order valence-corrected chi connectivity index (χ4v) is 3.51. The van der Waals surface area contributed by atoms with Crippen molar-refractivity contribution in [3.05, 3.63) is 10.9 Å². The van der Waals surface area contributed by atoms with Crippen LogP contribution in [0.15, 0.2) is 6.07 Å². The first kappa shape index (κ1) is 14.2. The van der Waals surface area contributed by atoms with Crippen molar-refractivity contribution in [2.75, 3.05) is 30.3 Å². The van der Waals surface area contributed by atoms with Crippen LogP contribution in [0, 0.1) is 5.92 Å². The molecule has 1 fully saturated rings. The molecule has 0 radical (unpaired) electrons. The highest BCUT2D eigenvalue weighted by Crippen LogP contribution is 2.35. The number of nitrogens with two attached hydrogens (primary N) is 1. The molecule has 2 rings (SSSR count). The minimum absolute atomic E-state index is 0.305. The number of rotatable bonds is 4. The van der Waals surface area contributed by atoms with Crippen LogP contribution in [0.2, 0.25) is 0 Å². The van der Waals surface area contributed by atoms with E-state index in [1.54, 1.807) is 6.92 Å². The normalized spacial score (nSPS) is 19.5. The summed E-state index contributed by atoms with van der Waals surface area (Å²) in [5.41, 5.74) is 6.47. The Labute approximate surface area is 118 Å². The van der Waals surface area contributed by atoms with E-state index in [9.17, 15) is 4.79 Å². The van der Waals surface area contributed by atoms with Gasteiger partial charge in [0.1, 0.15) is 4.88 Å². The first-order valence-electron chi connectivity index (χ1n) is 6.97. The number of nitrogens with zero attached hydrogens (tertiary/aromatic N) is 1. The summed E-state index contributed by atoms with van der Waals surface area (Å²) in [5.74, 6) is 0.448. The Kier molecular flexibility index (Phi) is 4.69. The Bertz CT molecular complexity index is 445. The van der Waals surface area contributed by atoms with Gasteiger partial charge in [0.15, 0.2) is 0 Å². The molecule has 1 aliphatic heterocycles. The van der Waals surface area contributed by atoms with Gasteiger partial charge in [-0.25, -0.2) is 4.79 Å². The van der Waals surface area contributed by atoms with Crippen molar-refractivity contribution in [3.63, 3.8) is 0 Å². The molecule has 1 atom stereocenters. The SMILES string of the molecule is CCOC(=O)c1sc(N2CCCC(CC)C2)cc1N. The van der Waals surface area contributed by atoms with Gasteiger partial charge in [0.05, 0.1) is 17.3 Å². The van der Waals surface area contributed by atoms with E-state index in [2.05, 4.69) is 11.8 Å². The fourth-order valence-electron chi connectivity index (χ4n) is 2.50. The van der Waals surface area contributed by atoms with Gasteiger partial charge in [-0.1, -0.05) is 13.3 Å². The predicted octanol–water partition coefficient (Wildman–Crippen LogP) is 3.13. The quantitative estimate of drug-likeness (QED) is 0.862. The average molecular weight is 282 g/mol. The summed E-state index contributed by atoms with van der Waals surface area (Å²) in [7, 11) is 0. The van der Waals surface area contributed by atoms with E-state index in [0.717, 1.165) is 24.0 Å². The zero-order chi connectivity index (χ0) is 13.8. The number of thiophene rings is 1. The van der Waals surface area contributed by atoms with Gasteiger partial charge < -0.3 is 15.4 Å². The zero-order valence-corrected chi connectivity index (χ0v) is 12.5. The zero-order valence-electron chi connectivity index (χ0n) is 11.6. The second kappa shape index (κ2) is 6.28. The van der Waals surface area contributed by atoms with Gasteiger partial charge >= 0.3 is 5.97 Å². The van der Waals surface area contributed by atoms with Gasteiger partial charge in [0.25, 0.3) is 0 Å². The molecule has 0 saturated carbocycles. The van der Waals surface area contributed by atoms with Crippen molar-refractivity contribution in [1.82, 2.24) is 0 Å². The van der Waals surface area contributed by atoms with Gasteiger partial charge in [0.2, 0.25) is 0 Å². The summed E-state index contributed by atoms with van der Waals surface area (Å²) in [4.78, 5) is 14.7. The minimum Gasteiger partial charge on any atom is -0.462 e. The number of carbonyl (C=O) groups is 1. The number of piperidine rings is 1. The molecule has 0 spiro atoms. The lowest BCUT2D eigenvalue weighted by Crippen LogP contribution is -2.34. The number of hydrogen-bond donors (Lipinski definition) is 1. The summed E-state index contributed by atoms with van der Waals surface area (Å²) < 4.78 is 5.02. The standard InChI is InChI=1S/C14H22N2O2S/c1-3-10-6-5-7-16(9-10)12-8-11(15)13(19-12)14(17)18-4-2/h8,10H,3-7,9,15H2,1-2H3. The summed E-state index contributed by atoms with van der Waals surface area (Å²) >= 11 is 1.45. The molecule has 0 aromatic carbocycles. The van der Waals surface area contributed by atoms with Crippen molar-refractivity contribution in [1.29, 1.82) is 0 Å². The average Bonchev–Trinajstić information content (AvgIpc) is 2.81. The van der Waals surface area contributed by atoms with Gasteiger partial charge in [0, 0.05) is 13.1 Å². The van der Waals surface area contributed by atoms with Crippen LogP contribution in [0.25, 0.3) is 0 Å². The Morgan fingerprint density at radius 3 is 3.05 bits per heavy atom. The molecule has 1 aromatic rings. The van der Waals surface area contributed by atoms with E-state index in [1.807, 2.05) is 6.07 Å². The molecule has 5 heteroatoms. The molecule has 2 N–H and O–H groups in total. The van der Waals surface area contributed by atoms with Crippen molar-refractivity contribution in [2.45, 2.75) is 33.1 Å². The smallest absolute Gasteiger partial charge is 0.350 e. The molecule has 1 aliphatic rings. The summed E-state index contributed by atoms with van der Waals surface area (Å²) in [6.45, 7) is 6.55. The van der Waals surface area contributed by atoms with Gasteiger partial charge in [-0.15, -0.1) is 11.3 Å². The van der Waals surface area contributed by atoms with Crippen LogP contribution in [0.1, 0.15) is 42.8 Å². The van der Waals surface area contributed by atoms with Crippen LogP contribution in [-0.2, 0) is 4.74 Å². The molecule has 19 heavy (non-hydrogen) atoms. The molecule has 1 unspecified atom stereocenters. The van der Waals surface area contributed by atoms with E-state index < -0.39 is 0 Å². The molecule has 0 aliphatic carbocycles. The Morgan fingerprint density at radius 2 is 2.37 bits per heavy atom. The number of ether oxygens (including phenoxy) is 1. The lowest BCUT2D eigenvalue weighted by molar-refractivity contribution is 0.0533. The number of anilines is 2. The summed E-state index contributed by atoms with van der Waals surface area (Å²) in [6.07, 6.45) is 3.73. The summed E-state index contributed by atoms with van der Waals surface area (Å²) in [6, 6.07) is 1.91. The van der Waals surface area contributed by atoms with Crippen molar-refractivity contribution in [3.8, 4) is 0 Å². The van der Waals surface area contributed by atoms with Crippen LogP contribution < -0.4 is 10.6 Å². The highest BCUT2D eigenvalue weighted by molar-refractivity contribution is 7.18. The maximum atomic E-state index is 11.8. The van der Waals surface area contributed by atoms with Crippen LogP contribution in [-0.4, -0.2) is 25.7 Å². The Balaban J connectivity index is 2.13. The second-order valence-corrected chi connectivity index (χ2v) is 5.98. The van der Waals surface area contributed by atoms with E-state index >= 15 is 0 Å². The third kappa shape index (κ3) is 3.21. The second-order valence-electron chi connectivity index (χ2n) is 4.95. The van der Waals surface area contributed by atoms with E-state index in [0.29, 0.717) is 17.2 Å². The maximum Gasteiger partial charge on any atom is 0.350 e. The highest BCUT2D eigenvalue weighted by atomic mass is 32.1. The first-order valence-corrected chi connectivity index (χ1v) is 7.78. The number of hydrogen-bond acceptors (Lipinski definition) is 5. The molecular formula is C14H22N2O2S. The molecule has 2 heterocycles. The minimum atomic E-state index is -0.305. The number of carbonyl (C=O) groups excluding carboxylic acids is 1. The number of esters is 1. The highest BCUT2D eigenvalue weighted by Gasteiger charge is 2.23. The monoisotopic (exact) mass is 282 g/mol. The molecule has 4 nitrogen and oxygen atoms in total. The molecular weight excluding hydrogens is 260 g/mol. The first-order chi connectivity index (χ1) is 9.15. The number of nitrogen functional groups attached to an aromatic ring is 1. The van der Waals surface area contributed by atoms with Crippen molar-refractivity contribution < 1.29 is 9.53 Å². The molecule has 106 valence electrons. The van der Waals surface area contributed by atoms with Crippen LogP contribution >= 0.6 is 11.3 Å². The Hall–Kier alpha value is -1.23. The summed E-state index contributed by atoms with van der Waals surface area (Å²) in [5, 5.41) is 1.10. The molecule has 0 amide bonds.